The summed E-state index contributed by atoms with van der Waals surface area (Å²) in [6.07, 6.45) is -2.68. The molecule has 0 saturated heterocycles. The lowest BCUT2D eigenvalue weighted by atomic mass is 10.1. The van der Waals surface area contributed by atoms with Gasteiger partial charge in [0.1, 0.15) is 0 Å². The van der Waals surface area contributed by atoms with Crippen molar-refractivity contribution in [2.75, 3.05) is 7.11 Å². The molecule has 0 atom stereocenters. The lowest BCUT2D eigenvalue weighted by molar-refractivity contribution is -0.137. The third-order valence-corrected chi connectivity index (χ3v) is 8.47. The Labute approximate surface area is 131 Å². The summed E-state index contributed by atoms with van der Waals surface area (Å²) in [5.74, 6) is 0.372. The van der Waals surface area contributed by atoms with E-state index < -0.39 is 20.1 Å². The number of hydrogen-bond donors (Lipinski definition) is 0. The van der Waals surface area contributed by atoms with Crippen LogP contribution in [0.15, 0.2) is 30.2 Å². The molecule has 0 aliphatic heterocycles. The molecule has 0 aliphatic rings. The van der Waals surface area contributed by atoms with Crippen LogP contribution in [0, 0.1) is 0 Å². The van der Waals surface area contributed by atoms with E-state index >= 15 is 0 Å². The van der Waals surface area contributed by atoms with E-state index in [1.165, 1.54) is 19.2 Å². The molecule has 0 aliphatic carbocycles. The van der Waals surface area contributed by atoms with E-state index in [1.807, 2.05) is 0 Å². The minimum absolute atomic E-state index is 0.372. The molecule has 1 rings (SSSR count). The van der Waals surface area contributed by atoms with Gasteiger partial charge in [-0.3, -0.25) is 0 Å². The first kappa shape index (κ1) is 18.6. The average molecular weight is 332 g/mol. The second kappa shape index (κ2) is 7.72. The first-order valence-electron chi connectivity index (χ1n) is 7.42. The van der Waals surface area contributed by atoms with Gasteiger partial charge in [-0.25, -0.2) is 0 Å². The highest BCUT2D eigenvalue weighted by molar-refractivity contribution is 6.73. The predicted octanol–water partition coefficient (Wildman–Crippen LogP) is 5.67. The fourth-order valence-electron chi connectivity index (χ4n) is 2.21. The zero-order chi connectivity index (χ0) is 16.8. The molecule has 0 unspecified atom stereocenters. The highest BCUT2D eigenvalue weighted by Gasteiger charge is 2.32. The third kappa shape index (κ3) is 4.80. The van der Waals surface area contributed by atoms with Crippen molar-refractivity contribution in [3.8, 4) is 0 Å². The van der Waals surface area contributed by atoms with Crippen molar-refractivity contribution >= 4 is 14.4 Å². The molecule has 0 saturated carbocycles. The molecule has 2 nitrogen and oxygen atoms in total. The summed E-state index contributed by atoms with van der Waals surface area (Å²) < 4.78 is 49.0. The van der Waals surface area contributed by atoms with Gasteiger partial charge in [-0.15, -0.1) is 0 Å². The molecule has 0 aromatic heterocycles. The monoisotopic (exact) mass is 332 g/mol. The molecule has 124 valence electrons. The van der Waals surface area contributed by atoms with E-state index in [2.05, 4.69) is 20.8 Å². The molecule has 22 heavy (non-hydrogen) atoms. The zero-order valence-electron chi connectivity index (χ0n) is 13.5. The van der Waals surface area contributed by atoms with Gasteiger partial charge >= 0.3 is 6.18 Å². The summed E-state index contributed by atoms with van der Waals surface area (Å²) >= 11 is 0. The van der Waals surface area contributed by atoms with Crippen LogP contribution in [0.3, 0.4) is 0 Å². The zero-order valence-corrected chi connectivity index (χ0v) is 14.5. The largest absolute Gasteiger partial charge is 0.519 e. The number of halogens is 3. The first-order valence-corrected chi connectivity index (χ1v) is 9.95. The maximum absolute atomic E-state index is 12.5. The van der Waals surface area contributed by atoms with E-state index in [4.69, 9.17) is 9.16 Å². The van der Waals surface area contributed by atoms with E-state index in [-0.39, 0.29) is 0 Å². The van der Waals surface area contributed by atoms with Crippen molar-refractivity contribution in [3.05, 3.63) is 41.3 Å². The Morgan fingerprint density at radius 1 is 1.05 bits per heavy atom. The fourth-order valence-corrected chi connectivity index (χ4v) is 4.72. The Kier molecular flexibility index (Phi) is 6.53. The molecule has 0 radical (unpaired) electrons. The normalized spacial score (nSPS) is 13.1. The molecule has 0 bridgehead atoms. The molecule has 6 heteroatoms. The van der Waals surface area contributed by atoms with Crippen molar-refractivity contribution in [3.63, 3.8) is 0 Å². The van der Waals surface area contributed by atoms with Gasteiger partial charge in [0.05, 0.1) is 12.7 Å². The molecule has 0 fully saturated rings. The van der Waals surface area contributed by atoms with E-state index in [9.17, 15) is 13.2 Å². The molecular formula is C16H23F3O2Si. The molecule has 0 amide bonds. The van der Waals surface area contributed by atoms with Crippen LogP contribution in [0.4, 0.5) is 13.2 Å². The topological polar surface area (TPSA) is 18.5 Å². The second-order valence-electron chi connectivity index (χ2n) is 5.13. The van der Waals surface area contributed by atoms with E-state index in [0.717, 1.165) is 30.3 Å². The summed E-state index contributed by atoms with van der Waals surface area (Å²) in [5.41, 5.74) is -0.0417. The highest BCUT2D eigenvalue weighted by Crippen LogP contribution is 2.30. The lowest BCUT2D eigenvalue weighted by Crippen LogP contribution is -2.35. The third-order valence-electron chi connectivity index (χ3n) is 3.97. The van der Waals surface area contributed by atoms with Crippen LogP contribution in [-0.2, 0) is 15.3 Å². The van der Waals surface area contributed by atoms with Crippen LogP contribution < -0.4 is 0 Å². The summed E-state index contributed by atoms with van der Waals surface area (Å²) in [5, 5.41) is 0. The van der Waals surface area contributed by atoms with Crippen molar-refractivity contribution in [1.82, 2.24) is 0 Å². The molecule has 0 heterocycles. The van der Waals surface area contributed by atoms with Crippen LogP contribution in [0.25, 0.3) is 6.08 Å². The van der Waals surface area contributed by atoms with E-state index in [1.54, 1.807) is 6.08 Å². The smallest absolute Gasteiger partial charge is 0.416 e. The minimum atomic E-state index is -4.32. The molecule has 1 aromatic rings. The number of alkyl halides is 3. The lowest BCUT2D eigenvalue weighted by Gasteiger charge is -2.29. The summed E-state index contributed by atoms with van der Waals surface area (Å²) in [6, 6.07) is 7.85. The quantitative estimate of drug-likeness (QED) is 0.473. The van der Waals surface area contributed by atoms with Gasteiger partial charge in [0.25, 0.3) is 14.3 Å². The summed E-state index contributed by atoms with van der Waals surface area (Å²) in [7, 11) is -0.359. The maximum atomic E-state index is 12.5. The Hall–Kier alpha value is -1.43. The standard InChI is InChI=1S/C16H23F3O2Si/c1-5-22(6-2,7-3)21-15(20-4)12-13-8-10-14(11-9-13)16(17,18)19/h8-12H,5-7H2,1-4H3/b15-12-. The Bertz CT molecular complexity index is 483. The van der Waals surface area contributed by atoms with Crippen LogP contribution in [0.5, 0.6) is 0 Å². The number of hydrogen-bond acceptors (Lipinski definition) is 2. The second-order valence-corrected chi connectivity index (χ2v) is 9.82. The number of rotatable bonds is 7. The van der Waals surface area contributed by atoms with Gasteiger partial charge < -0.3 is 9.16 Å². The van der Waals surface area contributed by atoms with Gasteiger partial charge in [-0.05, 0) is 35.8 Å². The Morgan fingerprint density at radius 2 is 1.55 bits per heavy atom. The summed E-state index contributed by atoms with van der Waals surface area (Å²) in [6.45, 7) is 6.31. The van der Waals surface area contributed by atoms with Crippen LogP contribution in [0.1, 0.15) is 31.9 Å². The molecular weight excluding hydrogens is 309 g/mol. The average Bonchev–Trinajstić information content (AvgIpc) is 2.51. The fraction of sp³-hybridized carbons (Fsp3) is 0.500. The van der Waals surface area contributed by atoms with Gasteiger partial charge in [-0.2, -0.15) is 13.2 Å². The van der Waals surface area contributed by atoms with Gasteiger partial charge in [-0.1, -0.05) is 32.9 Å². The van der Waals surface area contributed by atoms with Crippen molar-refractivity contribution in [1.29, 1.82) is 0 Å². The van der Waals surface area contributed by atoms with Crippen LogP contribution in [-0.4, -0.2) is 15.4 Å². The molecule has 0 N–H and O–H groups in total. The molecule has 0 spiro atoms. The van der Waals surface area contributed by atoms with Crippen LogP contribution in [0.2, 0.25) is 18.1 Å². The van der Waals surface area contributed by atoms with Crippen molar-refractivity contribution in [2.45, 2.75) is 45.1 Å². The van der Waals surface area contributed by atoms with Crippen molar-refractivity contribution < 1.29 is 22.3 Å². The molecule has 1 aromatic carbocycles. The Morgan fingerprint density at radius 3 is 1.91 bits per heavy atom. The number of methoxy groups -OCH3 is 1. The number of ether oxygens (including phenoxy) is 1. The van der Waals surface area contributed by atoms with E-state index in [0.29, 0.717) is 11.5 Å². The highest BCUT2D eigenvalue weighted by atomic mass is 28.4. The van der Waals surface area contributed by atoms with Gasteiger partial charge in [0.15, 0.2) is 0 Å². The minimum Gasteiger partial charge on any atom is -0.519 e. The van der Waals surface area contributed by atoms with Gasteiger partial charge in [0, 0.05) is 6.08 Å². The predicted molar refractivity (Wildman–Crippen MR) is 84.7 cm³/mol. The maximum Gasteiger partial charge on any atom is 0.416 e. The number of benzene rings is 1. The SMILES string of the molecule is CC[Si](CC)(CC)O/C(=C\c1ccc(C(F)(F)F)cc1)OC. The van der Waals surface area contributed by atoms with Gasteiger partial charge in [0.2, 0.25) is 0 Å². The first-order chi connectivity index (χ1) is 10.3. The Balaban J connectivity index is 2.97. The van der Waals surface area contributed by atoms with Crippen LogP contribution >= 0.6 is 0 Å². The van der Waals surface area contributed by atoms with Crippen molar-refractivity contribution in [2.24, 2.45) is 0 Å². The summed E-state index contributed by atoms with van der Waals surface area (Å²) in [4.78, 5) is 0.